The Morgan fingerprint density at radius 1 is 1.16 bits per heavy atom. The molecule has 0 saturated heterocycles. The number of anilines is 1. The van der Waals surface area contributed by atoms with Crippen molar-refractivity contribution >= 4 is 12.0 Å². The first-order chi connectivity index (χ1) is 9.10. The Hall–Kier alpha value is -2.36. The summed E-state index contributed by atoms with van der Waals surface area (Å²) in [5.74, 6) is 0.0883. The molecular formula is C15H14FNO2. The number of halogens is 1. The van der Waals surface area contributed by atoms with Crippen LogP contribution in [0, 0.1) is 5.82 Å². The zero-order chi connectivity index (χ0) is 13.8. The quantitative estimate of drug-likeness (QED) is 0.787. The Bertz CT molecular complexity index is 596. The van der Waals surface area contributed by atoms with Crippen LogP contribution in [0.15, 0.2) is 42.5 Å². The zero-order valence-corrected chi connectivity index (χ0v) is 10.8. The van der Waals surface area contributed by atoms with Gasteiger partial charge in [0, 0.05) is 31.4 Å². The fourth-order valence-corrected chi connectivity index (χ4v) is 1.63. The molecule has 0 N–H and O–H groups in total. The Kier molecular flexibility index (Phi) is 3.80. The second-order valence-corrected chi connectivity index (χ2v) is 4.30. The molecule has 0 amide bonds. The number of carbonyl (C=O) groups is 1. The van der Waals surface area contributed by atoms with Crippen molar-refractivity contribution in [3.63, 3.8) is 0 Å². The van der Waals surface area contributed by atoms with E-state index < -0.39 is 5.82 Å². The summed E-state index contributed by atoms with van der Waals surface area (Å²) in [6, 6.07) is 11.4. The average Bonchev–Trinajstić information content (AvgIpc) is 2.41. The van der Waals surface area contributed by atoms with Crippen LogP contribution in [0.2, 0.25) is 0 Å². The fourth-order valence-electron chi connectivity index (χ4n) is 1.63. The third-order valence-electron chi connectivity index (χ3n) is 2.65. The normalized spacial score (nSPS) is 10.1. The number of aldehydes is 1. The molecule has 0 heterocycles. The van der Waals surface area contributed by atoms with Crippen molar-refractivity contribution in [1.29, 1.82) is 0 Å². The van der Waals surface area contributed by atoms with Gasteiger partial charge in [-0.05, 0) is 30.3 Å². The highest BCUT2D eigenvalue weighted by atomic mass is 19.1. The average molecular weight is 259 g/mol. The van der Waals surface area contributed by atoms with E-state index in [4.69, 9.17) is 4.74 Å². The van der Waals surface area contributed by atoms with E-state index in [0.717, 1.165) is 11.8 Å². The first-order valence-corrected chi connectivity index (χ1v) is 5.80. The van der Waals surface area contributed by atoms with Crippen LogP contribution in [0.1, 0.15) is 10.4 Å². The van der Waals surface area contributed by atoms with E-state index in [2.05, 4.69) is 0 Å². The van der Waals surface area contributed by atoms with Crippen molar-refractivity contribution in [2.24, 2.45) is 0 Å². The van der Waals surface area contributed by atoms with Crippen molar-refractivity contribution in [3.8, 4) is 11.5 Å². The second-order valence-electron chi connectivity index (χ2n) is 4.30. The SMILES string of the molecule is CN(C)c1cccc(Oc2ccc(C=O)cc2F)c1. The molecule has 0 unspecified atom stereocenters. The lowest BCUT2D eigenvalue weighted by Gasteiger charge is -2.14. The zero-order valence-electron chi connectivity index (χ0n) is 10.8. The lowest BCUT2D eigenvalue weighted by Crippen LogP contribution is -2.08. The Labute approximate surface area is 111 Å². The van der Waals surface area contributed by atoms with E-state index in [1.54, 1.807) is 6.07 Å². The molecule has 98 valence electrons. The number of carbonyl (C=O) groups excluding carboxylic acids is 1. The number of rotatable bonds is 4. The summed E-state index contributed by atoms with van der Waals surface area (Å²) in [5.41, 5.74) is 1.24. The predicted molar refractivity (Wildman–Crippen MR) is 72.6 cm³/mol. The largest absolute Gasteiger partial charge is 0.454 e. The van der Waals surface area contributed by atoms with Gasteiger partial charge in [-0.2, -0.15) is 0 Å². The minimum absolute atomic E-state index is 0.0986. The smallest absolute Gasteiger partial charge is 0.166 e. The van der Waals surface area contributed by atoms with E-state index in [9.17, 15) is 9.18 Å². The third-order valence-corrected chi connectivity index (χ3v) is 2.65. The van der Waals surface area contributed by atoms with Crippen LogP contribution in [0.3, 0.4) is 0 Å². The maximum absolute atomic E-state index is 13.7. The van der Waals surface area contributed by atoms with Gasteiger partial charge in [-0.3, -0.25) is 4.79 Å². The van der Waals surface area contributed by atoms with Crippen LogP contribution < -0.4 is 9.64 Å². The Balaban J connectivity index is 2.26. The minimum atomic E-state index is -0.556. The lowest BCUT2D eigenvalue weighted by molar-refractivity contribution is 0.112. The standard InChI is InChI=1S/C15H14FNO2/c1-17(2)12-4-3-5-13(9-12)19-15-7-6-11(10-18)8-14(15)16/h3-10H,1-2H3. The van der Waals surface area contributed by atoms with Crippen molar-refractivity contribution < 1.29 is 13.9 Å². The molecule has 0 aliphatic rings. The molecule has 2 aromatic carbocycles. The molecule has 19 heavy (non-hydrogen) atoms. The van der Waals surface area contributed by atoms with Gasteiger partial charge in [0.15, 0.2) is 11.6 Å². The first kappa shape index (κ1) is 13.1. The van der Waals surface area contributed by atoms with Crippen LogP contribution >= 0.6 is 0 Å². The molecule has 0 aliphatic heterocycles. The molecular weight excluding hydrogens is 245 g/mol. The Morgan fingerprint density at radius 3 is 2.58 bits per heavy atom. The number of nitrogens with zero attached hydrogens (tertiary/aromatic N) is 1. The van der Waals surface area contributed by atoms with E-state index >= 15 is 0 Å². The van der Waals surface area contributed by atoms with Crippen LogP contribution in [-0.4, -0.2) is 20.4 Å². The summed E-state index contributed by atoms with van der Waals surface area (Å²) < 4.78 is 19.2. The highest BCUT2D eigenvalue weighted by Gasteiger charge is 2.06. The molecule has 4 heteroatoms. The molecule has 2 aromatic rings. The summed E-state index contributed by atoms with van der Waals surface area (Å²) in [6.07, 6.45) is 0.597. The van der Waals surface area contributed by atoms with Crippen LogP contribution in [0.5, 0.6) is 11.5 Å². The van der Waals surface area contributed by atoms with E-state index in [1.165, 1.54) is 12.1 Å². The van der Waals surface area contributed by atoms with Crippen LogP contribution in [0.25, 0.3) is 0 Å². The van der Waals surface area contributed by atoms with Crippen molar-refractivity contribution in [2.45, 2.75) is 0 Å². The highest BCUT2D eigenvalue weighted by Crippen LogP contribution is 2.27. The first-order valence-electron chi connectivity index (χ1n) is 5.80. The molecule has 0 spiro atoms. The molecule has 0 radical (unpaired) electrons. The van der Waals surface area contributed by atoms with Gasteiger partial charge in [0.1, 0.15) is 12.0 Å². The number of hydrogen-bond donors (Lipinski definition) is 0. The molecule has 0 aliphatic carbocycles. The third kappa shape index (κ3) is 3.10. The molecule has 0 aromatic heterocycles. The number of hydrogen-bond acceptors (Lipinski definition) is 3. The van der Waals surface area contributed by atoms with E-state index in [-0.39, 0.29) is 11.3 Å². The summed E-state index contributed by atoms with van der Waals surface area (Å²) in [6.45, 7) is 0. The maximum Gasteiger partial charge on any atom is 0.166 e. The fraction of sp³-hybridized carbons (Fsp3) is 0.133. The van der Waals surface area contributed by atoms with Crippen molar-refractivity contribution in [1.82, 2.24) is 0 Å². The van der Waals surface area contributed by atoms with Gasteiger partial charge in [-0.1, -0.05) is 6.07 Å². The van der Waals surface area contributed by atoms with Crippen LogP contribution in [-0.2, 0) is 0 Å². The second kappa shape index (κ2) is 5.52. The highest BCUT2D eigenvalue weighted by molar-refractivity contribution is 5.75. The molecule has 2 rings (SSSR count). The van der Waals surface area contributed by atoms with Crippen molar-refractivity contribution in [3.05, 3.63) is 53.8 Å². The number of benzene rings is 2. The van der Waals surface area contributed by atoms with Crippen molar-refractivity contribution in [2.75, 3.05) is 19.0 Å². The van der Waals surface area contributed by atoms with E-state index in [0.29, 0.717) is 12.0 Å². The minimum Gasteiger partial charge on any atom is -0.454 e. The molecule has 0 atom stereocenters. The van der Waals surface area contributed by atoms with Gasteiger partial charge < -0.3 is 9.64 Å². The topological polar surface area (TPSA) is 29.5 Å². The summed E-state index contributed by atoms with van der Waals surface area (Å²) in [7, 11) is 3.83. The van der Waals surface area contributed by atoms with Crippen LogP contribution in [0.4, 0.5) is 10.1 Å². The molecule has 0 saturated carbocycles. The Morgan fingerprint density at radius 2 is 1.95 bits per heavy atom. The van der Waals surface area contributed by atoms with Gasteiger partial charge in [0.05, 0.1) is 0 Å². The molecule has 0 bridgehead atoms. The van der Waals surface area contributed by atoms with Gasteiger partial charge in [0.25, 0.3) is 0 Å². The predicted octanol–water partition coefficient (Wildman–Crippen LogP) is 3.50. The van der Waals surface area contributed by atoms with Gasteiger partial charge >= 0.3 is 0 Å². The maximum atomic E-state index is 13.7. The number of ether oxygens (including phenoxy) is 1. The monoisotopic (exact) mass is 259 g/mol. The summed E-state index contributed by atoms with van der Waals surface area (Å²) >= 11 is 0. The van der Waals surface area contributed by atoms with Gasteiger partial charge in [0.2, 0.25) is 0 Å². The summed E-state index contributed by atoms with van der Waals surface area (Å²) in [4.78, 5) is 12.5. The van der Waals surface area contributed by atoms with E-state index in [1.807, 2.05) is 37.2 Å². The molecule has 3 nitrogen and oxygen atoms in total. The van der Waals surface area contributed by atoms with Gasteiger partial charge in [-0.15, -0.1) is 0 Å². The summed E-state index contributed by atoms with van der Waals surface area (Å²) in [5, 5.41) is 0. The molecule has 0 fully saturated rings. The van der Waals surface area contributed by atoms with Gasteiger partial charge in [-0.25, -0.2) is 4.39 Å². The lowest BCUT2D eigenvalue weighted by atomic mass is 10.2.